The lowest BCUT2D eigenvalue weighted by atomic mass is 10.2. The molecule has 2 rings (SSSR count). The van der Waals surface area contributed by atoms with Crippen molar-refractivity contribution in [3.63, 3.8) is 0 Å². The van der Waals surface area contributed by atoms with Crippen molar-refractivity contribution in [2.45, 2.75) is 12.5 Å². The van der Waals surface area contributed by atoms with Gasteiger partial charge < -0.3 is 15.2 Å². The number of anilines is 1. The molecule has 1 aromatic carbocycles. The van der Waals surface area contributed by atoms with Crippen LogP contribution in [0.4, 0.5) is 10.5 Å². The van der Waals surface area contributed by atoms with E-state index in [1.807, 2.05) is 24.3 Å². The lowest BCUT2D eigenvalue weighted by Crippen LogP contribution is -2.44. The van der Waals surface area contributed by atoms with Crippen LogP contribution in [0.1, 0.15) is 6.42 Å². The third kappa shape index (κ3) is 2.50. The third-order valence-corrected chi connectivity index (χ3v) is 2.81. The summed E-state index contributed by atoms with van der Waals surface area (Å²) in [7, 11) is 1.61. The molecule has 1 heterocycles. The molecule has 1 fully saturated rings. The summed E-state index contributed by atoms with van der Waals surface area (Å²) in [6, 6.07) is 7.31. The molecule has 1 aromatic rings. The van der Waals surface area contributed by atoms with E-state index in [2.05, 4.69) is 0 Å². The number of carbonyl (C=O) groups excluding carboxylic acids is 1. The number of cyclic esters (lactones) is 1. The lowest BCUT2D eigenvalue weighted by molar-refractivity contribution is 0.0888. The second kappa shape index (κ2) is 5.05. The standard InChI is InChI=1S/C12H16N2O3/c1-16-10-4-2-9(3-5-10)14-7-6-11(8-13)17-12(14)15/h2-5,11H,6-8,13H2,1H3. The van der Waals surface area contributed by atoms with Gasteiger partial charge in [0, 0.05) is 25.2 Å². The highest BCUT2D eigenvalue weighted by molar-refractivity contribution is 5.88. The zero-order valence-corrected chi connectivity index (χ0v) is 9.76. The van der Waals surface area contributed by atoms with Crippen molar-refractivity contribution < 1.29 is 14.3 Å². The maximum absolute atomic E-state index is 11.7. The lowest BCUT2D eigenvalue weighted by Gasteiger charge is -2.31. The number of amides is 1. The summed E-state index contributed by atoms with van der Waals surface area (Å²) < 4.78 is 10.3. The molecule has 0 aliphatic carbocycles. The Kier molecular flexibility index (Phi) is 3.49. The molecule has 1 atom stereocenters. The van der Waals surface area contributed by atoms with Crippen molar-refractivity contribution in [2.24, 2.45) is 5.73 Å². The van der Waals surface area contributed by atoms with Crippen molar-refractivity contribution >= 4 is 11.8 Å². The van der Waals surface area contributed by atoms with E-state index in [1.165, 1.54) is 0 Å². The molecule has 92 valence electrons. The summed E-state index contributed by atoms with van der Waals surface area (Å²) in [5.41, 5.74) is 6.29. The van der Waals surface area contributed by atoms with E-state index in [9.17, 15) is 4.79 Å². The summed E-state index contributed by atoms with van der Waals surface area (Å²) in [6.07, 6.45) is 0.266. The van der Waals surface area contributed by atoms with Crippen LogP contribution < -0.4 is 15.4 Å². The summed E-state index contributed by atoms with van der Waals surface area (Å²) in [4.78, 5) is 13.3. The molecule has 2 N–H and O–H groups in total. The highest BCUT2D eigenvalue weighted by Gasteiger charge is 2.27. The van der Waals surface area contributed by atoms with E-state index >= 15 is 0 Å². The Hall–Kier alpha value is -1.75. The van der Waals surface area contributed by atoms with Crippen LogP contribution in [-0.4, -0.2) is 32.4 Å². The fourth-order valence-electron chi connectivity index (χ4n) is 1.79. The molecule has 0 aromatic heterocycles. The first-order valence-electron chi connectivity index (χ1n) is 5.57. The number of nitrogens with zero attached hydrogens (tertiary/aromatic N) is 1. The van der Waals surface area contributed by atoms with Gasteiger partial charge in [0.05, 0.1) is 7.11 Å². The number of hydrogen-bond donors (Lipinski definition) is 1. The normalized spacial score (nSPS) is 20.0. The Labute approximate surface area is 100 Å². The van der Waals surface area contributed by atoms with Crippen molar-refractivity contribution in [1.82, 2.24) is 0 Å². The molecule has 17 heavy (non-hydrogen) atoms. The van der Waals surface area contributed by atoms with Crippen LogP contribution in [0.25, 0.3) is 0 Å². The molecule has 1 unspecified atom stereocenters. The number of rotatable bonds is 3. The van der Waals surface area contributed by atoms with Gasteiger partial charge in [-0.15, -0.1) is 0 Å². The van der Waals surface area contributed by atoms with Crippen molar-refractivity contribution in [1.29, 1.82) is 0 Å². The van der Waals surface area contributed by atoms with Crippen LogP contribution in [0, 0.1) is 0 Å². The zero-order chi connectivity index (χ0) is 12.3. The Balaban J connectivity index is 2.09. The van der Waals surface area contributed by atoms with Crippen LogP contribution in [0.2, 0.25) is 0 Å². The molecule has 1 aliphatic heterocycles. The maximum Gasteiger partial charge on any atom is 0.414 e. The molecule has 0 saturated carbocycles. The molecule has 0 radical (unpaired) electrons. The van der Waals surface area contributed by atoms with E-state index in [-0.39, 0.29) is 12.2 Å². The third-order valence-electron chi connectivity index (χ3n) is 2.81. The SMILES string of the molecule is COc1ccc(N2CCC(CN)OC2=O)cc1. The minimum absolute atomic E-state index is 0.156. The van der Waals surface area contributed by atoms with Gasteiger partial charge in [-0.2, -0.15) is 0 Å². The summed E-state index contributed by atoms with van der Waals surface area (Å²) >= 11 is 0. The first-order chi connectivity index (χ1) is 8.24. The molecule has 1 amide bonds. The van der Waals surface area contributed by atoms with E-state index in [1.54, 1.807) is 12.0 Å². The fraction of sp³-hybridized carbons (Fsp3) is 0.417. The molecule has 5 heteroatoms. The number of carbonyl (C=O) groups is 1. The topological polar surface area (TPSA) is 64.8 Å². The average Bonchev–Trinajstić information content (AvgIpc) is 2.39. The van der Waals surface area contributed by atoms with Crippen molar-refractivity contribution in [2.75, 3.05) is 25.1 Å². The van der Waals surface area contributed by atoms with E-state index < -0.39 is 0 Å². The van der Waals surface area contributed by atoms with Gasteiger partial charge in [-0.1, -0.05) is 0 Å². The second-order valence-electron chi connectivity index (χ2n) is 3.88. The van der Waals surface area contributed by atoms with Gasteiger partial charge in [0.1, 0.15) is 11.9 Å². The van der Waals surface area contributed by atoms with E-state index in [4.69, 9.17) is 15.2 Å². The number of methoxy groups -OCH3 is 1. The van der Waals surface area contributed by atoms with Crippen molar-refractivity contribution in [3.8, 4) is 5.75 Å². The highest BCUT2D eigenvalue weighted by atomic mass is 16.6. The molecule has 1 aliphatic rings. The van der Waals surface area contributed by atoms with E-state index in [0.717, 1.165) is 17.9 Å². The van der Waals surface area contributed by atoms with Gasteiger partial charge in [-0.3, -0.25) is 4.90 Å². The minimum Gasteiger partial charge on any atom is -0.497 e. The van der Waals surface area contributed by atoms with Crippen LogP contribution in [0.5, 0.6) is 5.75 Å². The Morgan fingerprint density at radius 1 is 1.47 bits per heavy atom. The number of ether oxygens (including phenoxy) is 2. The van der Waals surface area contributed by atoms with Gasteiger partial charge in [0.2, 0.25) is 0 Å². The Bertz CT molecular complexity index is 391. The van der Waals surface area contributed by atoms with Crippen molar-refractivity contribution in [3.05, 3.63) is 24.3 Å². The first kappa shape index (κ1) is 11.7. The fourth-order valence-corrected chi connectivity index (χ4v) is 1.79. The first-order valence-corrected chi connectivity index (χ1v) is 5.57. The molecule has 0 spiro atoms. The summed E-state index contributed by atoms with van der Waals surface area (Å²) in [5.74, 6) is 0.763. The minimum atomic E-state index is -0.336. The van der Waals surface area contributed by atoms with E-state index in [0.29, 0.717) is 13.1 Å². The molecule has 5 nitrogen and oxygen atoms in total. The van der Waals surface area contributed by atoms with Gasteiger partial charge in [0.15, 0.2) is 0 Å². The Morgan fingerprint density at radius 3 is 2.71 bits per heavy atom. The van der Waals surface area contributed by atoms with Crippen LogP contribution in [0.3, 0.4) is 0 Å². The predicted octanol–water partition coefficient (Wildman–Crippen LogP) is 1.37. The highest BCUT2D eigenvalue weighted by Crippen LogP contribution is 2.23. The monoisotopic (exact) mass is 236 g/mol. The number of nitrogens with two attached hydrogens (primary N) is 1. The number of hydrogen-bond acceptors (Lipinski definition) is 4. The quantitative estimate of drug-likeness (QED) is 0.860. The zero-order valence-electron chi connectivity index (χ0n) is 9.76. The largest absolute Gasteiger partial charge is 0.497 e. The molecular formula is C12H16N2O3. The molecule has 1 saturated heterocycles. The Morgan fingerprint density at radius 2 is 2.18 bits per heavy atom. The van der Waals surface area contributed by atoms with Gasteiger partial charge >= 0.3 is 6.09 Å². The smallest absolute Gasteiger partial charge is 0.414 e. The van der Waals surface area contributed by atoms with Gasteiger partial charge in [-0.25, -0.2) is 4.79 Å². The van der Waals surface area contributed by atoms with Crippen LogP contribution in [-0.2, 0) is 4.74 Å². The summed E-state index contributed by atoms with van der Waals surface area (Å²) in [5, 5.41) is 0. The van der Waals surface area contributed by atoms with Crippen LogP contribution in [0.15, 0.2) is 24.3 Å². The van der Waals surface area contributed by atoms with Gasteiger partial charge in [-0.05, 0) is 24.3 Å². The van der Waals surface area contributed by atoms with Gasteiger partial charge in [0.25, 0.3) is 0 Å². The maximum atomic E-state index is 11.7. The number of benzene rings is 1. The van der Waals surface area contributed by atoms with Crippen LogP contribution >= 0.6 is 0 Å². The molecular weight excluding hydrogens is 220 g/mol. The predicted molar refractivity (Wildman–Crippen MR) is 64.3 cm³/mol. The summed E-state index contributed by atoms with van der Waals surface area (Å²) in [6.45, 7) is 1.01. The average molecular weight is 236 g/mol. The second-order valence-corrected chi connectivity index (χ2v) is 3.88. The molecule has 0 bridgehead atoms.